The predicted molar refractivity (Wildman–Crippen MR) is 123 cm³/mol. The summed E-state index contributed by atoms with van der Waals surface area (Å²) in [5.74, 6) is 0.367. The molecule has 0 spiro atoms. The molecule has 7 heteroatoms. The number of rotatable bonds is 7. The molecule has 1 saturated heterocycles. The van der Waals surface area contributed by atoms with Crippen LogP contribution in [0.2, 0.25) is 0 Å². The maximum Gasteiger partial charge on any atom is 0.151 e. The largest absolute Gasteiger partial charge is 0.395 e. The van der Waals surface area contributed by atoms with Crippen LogP contribution in [0.15, 0.2) is 54.7 Å². The fourth-order valence-electron chi connectivity index (χ4n) is 4.26. The lowest BCUT2D eigenvalue weighted by Crippen LogP contribution is -2.37. The van der Waals surface area contributed by atoms with Crippen molar-refractivity contribution in [3.63, 3.8) is 0 Å². The van der Waals surface area contributed by atoms with Gasteiger partial charge >= 0.3 is 0 Å². The van der Waals surface area contributed by atoms with Crippen LogP contribution in [0.3, 0.4) is 0 Å². The van der Waals surface area contributed by atoms with Crippen LogP contribution < -0.4 is 0 Å². The van der Waals surface area contributed by atoms with Gasteiger partial charge in [0, 0.05) is 36.5 Å². The molecule has 1 atom stereocenters. The lowest BCUT2D eigenvalue weighted by atomic mass is 10.1. The Morgan fingerprint density at radius 3 is 2.61 bits per heavy atom. The molecule has 0 radical (unpaired) electrons. The molecule has 3 aromatic rings. The van der Waals surface area contributed by atoms with Crippen molar-refractivity contribution in [3.8, 4) is 16.9 Å². The minimum atomic E-state index is -3.01. The van der Waals surface area contributed by atoms with Gasteiger partial charge in [-0.15, -0.1) is 0 Å². The molecule has 4 rings (SSSR count). The first-order valence-electron chi connectivity index (χ1n) is 10.6. The number of aromatic nitrogens is 2. The van der Waals surface area contributed by atoms with Crippen molar-refractivity contribution >= 4 is 9.84 Å². The maximum absolute atomic E-state index is 12.0. The summed E-state index contributed by atoms with van der Waals surface area (Å²) in [6, 6.07) is 16.3. The Bertz CT molecular complexity index is 1160. The Kier molecular flexibility index (Phi) is 6.27. The highest BCUT2D eigenvalue weighted by atomic mass is 32.2. The first kappa shape index (κ1) is 21.7. The molecule has 0 bridgehead atoms. The number of aliphatic hydroxyl groups excluding tert-OH is 1. The van der Waals surface area contributed by atoms with Crippen molar-refractivity contribution in [3.05, 3.63) is 71.4 Å². The third-order valence-corrected chi connectivity index (χ3v) is 7.68. The molecule has 2 aromatic carbocycles. The zero-order chi connectivity index (χ0) is 22.0. The number of hydrogen-bond donors (Lipinski definition) is 1. The summed E-state index contributed by atoms with van der Waals surface area (Å²) in [4.78, 5) is 2.08. The SMILES string of the molecule is Cc1ccc(C)c(-n2cc(CN(CCO)[C@@H]3CCS(=O)(=O)C3)c(-c3ccccc3)n2)c1. The maximum atomic E-state index is 12.0. The first-order chi connectivity index (χ1) is 14.9. The molecule has 2 heterocycles. The van der Waals surface area contributed by atoms with E-state index in [-0.39, 0.29) is 24.2 Å². The minimum absolute atomic E-state index is 0.0116. The van der Waals surface area contributed by atoms with Gasteiger partial charge in [-0.05, 0) is 37.5 Å². The average molecular weight is 440 g/mol. The summed E-state index contributed by atoms with van der Waals surface area (Å²) in [7, 11) is -3.01. The number of hydrogen-bond acceptors (Lipinski definition) is 5. The van der Waals surface area contributed by atoms with Gasteiger partial charge in [-0.3, -0.25) is 4.90 Å². The Morgan fingerprint density at radius 1 is 1.16 bits per heavy atom. The molecule has 0 saturated carbocycles. The van der Waals surface area contributed by atoms with E-state index in [1.54, 1.807) is 0 Å². The van der Waals surface area contributed by atoms with E-state index in [2.05, 4.69) is 36.9 Å². The second-order valence-electron chi connectivity index (χ2n) is 8.35. The van der Waals surface area contributed by atoms with E-state index < -0.39 is 9.84 Å². The normalized spacial score (nSPS) is 18.0. The van der Waals surface area contributed by atoms with E-state index in [1.807, 2.05) is 41.2 Å². The molecule has 31 heavy (non-hydrogen) atoms. The second kappa shape index (κ2) is 8.94. The highest BCUT2D eigenvalue weighted by Crippen LogP contribution is 2.28. The third kappa shape index (κ3) is 4.89. The lowest BCUT2D eigenvalue weighted by Gasteiger charge is -2.27. The van der Waals surface area contributed by atoms with Gasteiger partial charge in [0.05, 0.1) is 29.5 Å². The number of sulfone groups is 1. The number of nitrogens with zero attached hydrogens (tertiary/aromatic N) is 3. The minimum Gasteiger partial charge on any atom is -0.395 e. The summed E-state index contributed by atoms with van der Waals surface area (Å²) >= 11 is 0. The molecule has 1 N–H and O–H groups in total. The molecule has 1 fully saturated rings. The summed E-state index contributed by atoms with van der Waals surface area (Å²) in [6.45, 7) is 5.09. The molecule has 0 unspecified atom stereocenters. The molecular weight excluding hydrogens is 410 g/mol. The lowest BCUT2D eigenvalue weighted by molar-refractivity contribution is 0.154. The molecule has 6 nitrogen and oxygen atoms in total. The molecule has 1 aliphatic rings. The number of aliphatic hydroxyl groups is 1. The second-order valence-corrected chi connectivity index (χ2v) is 10.6. The summed E-state index contributed by atoms with van der Waals surface area (Å²) in [6.07, 6.45) is 2.64. The Balaban J connectivity index is 1.74. The van der Waals surface area contributed by atoms with Crippen LogP contribution in [0.25, 0.3) is 16.9 Å². The van der Waals surface area contributed by atoms with Crippen molar-refractivity contribution in [2.24, 2.45) is 0 Å². The van der Waals surface area contributed by atoms with Gasteiger partial charge in [-0.2, -0.15) is 5.10 Å². The zero-order valence-electron chi connectivity index (χ0n) is 18.0. The summed E-state index contributed by atoms with van der Waals surface area (Å²) in [5.41, 5.74) is 6.24. The van der Waals surface area contributed by atoms with Crippen LogP contribution in [-0.4, -0.2) is 58.9 Å². The van der Waals surface area contributed by atoms with Crippen molar-refractivity contribution in [1.29, 1.82) is 0 Å². The van der Waals surface area contributed by atoms with Crippen LogP contribution in [0, 0.1) is 13.8 Å². The fraction of sp³-hybridized carbons (Fsp3) is 0.375. The van der Waals surface area contributed by atoms with Crippen molar-refractivity contribution in [2.75, 3.05) is 24.7 Å². The number of aryl methyl sites for hydroxylation is 2. The average Bonchev–Trinajstić information content (AvgIpc) is 3.33. The van der Waals surface area contributed by atoms with Crippen LogP contribution >= 0.6 is 0 Å². The van der Waals surface area contributed by atoms with Crippen molar-refractivity contribution < 1.29 is 13.5 Å². The van der Waals surface area contributed by atoms with Crippen molar-refractivity contribution in [1.82, 2.24) is 14.7 Å². The third-order valence-electron chi connectivity index (χ3n) is 5.93. The van der Waals surface area contributed by atoms with Gasteiger partial charge in [0.15, 0.2) is 9.84 Å². The standard InChI is InChI=1S/C24H29N3O3S/c1-18-8-9-19(2)23(14-18)27-16-21(24(25-27)20-6-4-3-5-7-20)15-26(11-12-28)22-10-13-31(29,30)17-22/h3-9,14,16,22,28H,10-13,15,17H2,1-2H3/t22-/m1/s1. The Morgan fingerprint density at radius 2 is 1.94 bits per heavy atom. The first-order valence-corrected chi connectivity index (χ1v) is 12.5. The fourth-order valence-corrected chi connectivity index (χ4v) is 6.02. The predicted octanol–water partition coefficient (Wildman–Crippen LogP) is 3.14. The van der Waals surface area contributed by atoms with Gasteiger partial charge < -0.3 is 5.11 Å². The summed E-state index contributed by atoms with van der Waals surface area (Å²) in [5, 5.41) is 14.6. The van der Waals surface area contributed by atoms with Crippen LogP contribution in [0.5, 0.6) is 0 Å². The highest BCUT2D eigenvalue weighted by molar-refractivity contribution is 7.91. The van der Waals surface area contributed by atoms with E-state index in [0.717, 1.165) is 33.6 Å². The number of benzene rings is 2. The zero-order valence-corrected chi connectivity index (χ0v) is 18.8. The monoisotopic (exact) mass is 439 g/mol. The molecule has 164 valence electrons. The summed E-state index contributed by atoms with van der Waals surface area (Å²) < 4.78 is 26.0. The quantitative estimate of drug-likeness (QED) is 0.612. The molecule has 0 amide bonds. The Labute approximate surface area is 184 Å². The van der Waals surface area contributed by atoms with E-state index in [4.69, 9.17) is 5.10 Å². The van der Waals surface area contributed by atoms with E-state index in [1.165, 1.54) is 0 Å². The van der Waals surface area contributed by atoms with Gasteiger partial charge in [-0.1, -0.05) is 42.5 Å². The highest BCUT2D eigenvalue weighted by Gasteiger charge is 2.32. The molecule has 1 aromatic heterocycles. The van der Waals surface area contributed by atoms with E-state index in [9.17, 15) is 13.5 Å². The van der Waals surface area contributed by atoms with Crippen LogP contribution in [0.1, 0.15) is 23.1 Å². The van der Waals surface area contributed by atoms with E-state index in [0.29, 0.717) is 19.5 Å². The van der Waals surface area contributed by atoms with Gasteiger partial charge in [0.1, 0.15) is 0 Å². The molecule has 0 aliphatic carbocycles. The van der Waals surface area contributed by atoms with Crippen LogP contribution in [-0.2, 0) is 16.4 Å². The van der Waals surface area contributed by atoms with Crippen molar-refractivity contribution in [2.45, 2.75) is 32.9 Å². The topological polar surface area (TPSA) is 75.4 Å². The molecular formula is C24H29N3O3S. The Hall–Kier alpha value is -2.48. The smallest absolute Gasteiger partial charge is 0.151 e. The van der Waals surface area contributed by atoms with E-state index >= 15 is 0 Å². The van der Waals surface area contributed by atoms with Gasteiger partial charge in [0.2, 0.25) is 0 Å². The van der Waals surface area contributed by atoms with Crippen LogP contribution in [0.4, 0.5) is 0 Å². The molecule has 1 aliphatic heterocycles. The van der Waals surface area contributed by atoms with Gasteiger partial charge in [-0.25, -0.2) is 13.1 Å². The van der Waals surface area contributed by atoms with Gasteiger partial charge in [0.25, 0.3) is 0 Å².